The Morgan fingerprint density at radius 1 is 1.14 bits per heavy atom. The van der Waals surface area contributed by atoms with Crippen LogP contribution in [0.25, 0.3) is 0 Å². The first-order chi connectivity index (χ1) is 14.0. The van der Waals surface area contributed by atoms with Gasteiger partial charge in [0.2, 0.25) is 5.13 Å². The zero-order valence-electron chi connectivity index (χ0n) is 14.8. The fourth-order valence-electron chi connectivity index (χ4n) is 2.14. The first kappa shape index (κ1) is 20.4. The summed E-state index contributed by atoms with van der Waals surface area (Å²) in [6, 6.07) is 14.5. The van der Waals surface area contributed by atoms with E-state index in [9.17, 15) is 19.7 Å². The summed E-state index contributed by atoms with van der Waals surface area (Å²) < 4.78 is 5.80. The van der Waals surface area contributed by atoms with E-state index in [-0.39, 0.29) is 34.7 Å². The standard InChI is InChI=1S/C18H14N4O5S2/c23-15(12-5-2-1-3-6-12)11-28-18-21-20-17(29-18)19-16(24)10-27-14-8-4-7-13(9-14)22(25)26/h1-9H,10-11H2,(H,19,20,24). The molecule has 0 unspecified atom stereocenters. The SMILES string of the molecule is O=C(COc1cccc([N+](=O)[O-])c1)Nc1nnc(SCC(=O)c2ccccc2)s1. The van der Waals surface area contributed by atoms with Gasteiger partial charge in [-0.15, -0.1) is 10.2 Å². The zero-order valence-corrected chi connectivity index (χ0v) is 16.4. The first-order valence-corrected chi connectivity index (χ1v) is 10.0. The van der Waals surface area contributed by atoms with Crippen molar-refractivity contribution in [3.63, 3.8) is 0 Å². The number of nitrogens with zero attached hydrogens (tertiary/aromatic N) is 3. The van der Waals surface area contributed by atoms with Gasteiger partial charge in [-0.25, -0.2) is 0 Å². The number of thioether (sulfide) groups is 1. The van der Waals surface area contributed by atoms with Gasteiger partial charge >= 0.3 is 0 Å². The lowest BCUT2D eigenvalue weighted by Crippen LogP contribution is -2.20. The van der Waals surface area contributed by atoms with Gasteiger partial charge in [0.25, 0.3) is 11.6 Å². The Balaban J connectivity index is 1.47. The lowest BCUT2D eigenvalue weighted by Gasteiger charge is -2.05. The molecular formula is C18H14N4O5S2. The number of non-ortho nitro benzene ring substituents is 1. The van der Waals surface area contributed by atoms with Crippen molar-refractivity contribution in [3.8, 4) is 5.75 Å². The van der Waals surface area contributed by atoms with Gasteiger partial charge in [0.15, 0.2) is 16.7 Å². The quantitative estimate of drug-likeness (QED) is 0.180. The molecule has 1 amide bonds. The fourth-order valence-corrected chi connectivity index (χ4v) is 3.81. The van der Waals surface area contributed by atoms with Gasteiger partial charge in [0.05, 0.1) is 16.7 Å². The minimum Gasteiger partial charge on any atom is -0.484 e. The van der Waals surface area contributed by atoms with Gasteiger partial charge in [-0.1, -0.05) is 59.5 Å². The molecule has 0 saturated heterocycles. The van der Waals surface area contributed by atoms with Gasteiger partial charge in [0.1, 0.15) is 5.75 Å². The maximum absolute atomic E-state index is 12.1. The van der Waals surface area contributed by atoms with Crippen molar-refractivity contribution in [1.29, 1.82) is 0 Å². The smallest absolute Gasteiger partial charge is 0.273 e. The number of ether oxygens (including phenoxy) is 1. The van der Waals surface area contributed by atoms with Crippen LogP contribution in [0.5, 0.6) is 5.75 Å². The molecular weight excluding hydrogens is 416 g/mol. The average molecular weight is 430 g/mol. The van der Waals surface area contributed by atoms with Crippen molar-refractivity contribution in [1.82, 2.24) is 10.2 Å². The maximum atomic E-state index is 12.1. The van der Waals surface area contributed by atoms with Crippen molar-refractivity contribution >= 4 is 45.6 Å². The summed E-state index contributed by atoms with van der Waals surface area (Å²) in [5.41, 5.74) is 0.495. The number of hydrogen-bond donors (Lipinski definition) is 1. The van der Waals surface area contributed by atoms with Crippen LogP contribution in [-0.4, -0.2) is 39.2 Å². The molecule has 9 nitrogen and oxygen atoms in total. The number of carbonyl (C=O) groups is 2. The Morgan fingerprint density at radius 3 is 2.69 bits per heavy atom. The van der Waals surface area contributed by atoms with E-state index >= 15 is 0 Å². The molecule has 11 heteroatoms. The number of anilines is 1. The molecule has 0 aliphatic rings. The number of nitro benzene ring substituents is 1. The molecule has 3 rings (SSSR count). The van der Waals surface area contributed by atoms with Gasteiger partial charge in [-0.05, 0) is 6.07 Å². The second kappa shape index (κ2) is 9.75. The molecule has 1 N–H and O–H groups in total. The molecule has 0 atom stereocenters. The second-order valence-electron chi connectivity index (χ2n) is 5.54. The second-order valence-corrected chi connectivity index (χ2v) is 7.74. The highest BCUT2D eigenvalue weighted by Gasteiger charge is 2.13. The highest BCUT2D eigenvalue weighted by molar-refractivity contribution is 8.01. The first-order valence-electron chi connectivity index (χ1n) is 8.23. The average Bonchev–Trinajstić information content (AvgIpc) is 3.18. The van der Waals surface area contributed by atoms with Crippen molar-refractivity contribution < 1.29 is 19.2 Å². The Bertz CT molecular complexity index is 1030. The molecule has 0 aliphatic heterocycles. The maximum Gasteiger partial charge on any atom is 0.273 e. The molecule has 2 aromatic carbocycles. The number of aromatic nitrogens is 2. The van der Waals surface area contributed by atoms with Gasteiger partial charge in [-0.2, -0.15) is 0 Å². The summed E-state index contributed by atoms with van der Waals surface area (Å²) in [5, 5.41) is 21.3. The molecule has 0 spiro atoms. The minimum absolute atomic E-state index is 0.0262. The number of carbonyl (C=O) groups excluding carboxylic acids is 2. The zero-order chi connectivity index (χ0) is 20.6. The third-order valence-electron chi connectivity index (χ3n) is 3.47. The Morgan fingerprint density at radius 2 is 1.93 bits per heavy atom. The van der Waals surface area contributed by atoms with Crippen molar-refractivity contribution in [2.45, 2.75) is 4.34 Å². The Labute approximate surface area is 173 Å². The fraction of sp³-hybridized carbons (Fsp3) is 0.111. The van der Waals surface area contributed by atoms with Crippen LogP contribution in [0, 0.1) is 10.1 Å². The van der Waals surface area contributed by atoms with Crippen LogP contribution in [0.4, 0.5) is 10.8 Å². The minimum atomic E-state index is -0.546. The molecule has 0 radical (unpaired) electrons. The summed E-state index contributed by atoms with van der Waals surface area (Å²) in [6.07, 6.45) is 0. The molecule has 1 heterocycles. The third kappa shape index (κ3) is 6.09. The molecule has 0 fully saturated rings. The van der Waals surface area contributed by atoms with E-state index in [1.165, 1.54) is 36.0 Å². The summed E-state index contributed by atoms with van der Waals surface area (Å²) >= 11 is 2.37. The number of rotatable bonds is 9. The Hall–Kier alpha value is -3.31. The Kier molecular flexibility index (Phi) is 6.87. The molecule has 0 saturated carbocycles. The predicted octanol–water partition coefficient (Wildman–Crippen LogP) is 3.44. The monoisotopic (exact) mass is 430 g/mol. The predicted molar refractivity (Wildman–Crippen MR) is 109 cm³/mol. The molecule has 1 aromatic heterocycles. The number of Topliss-reactive ketones (excluding diaryl/α,β-unsaturated/α-hetero) is 1. The summed E-state index contributed by atoms with van der Waals surface area (Å²) in [7, 11) is 0. The van der Waals surface area contributed by atoms with Crippen molar-refractivity contribution in [3.05, 3.63) is 70.3 Å². The topological polar surface area (TPSA) is 124 Å². The summed E-state index contributed by atoms with van der Waals surface area (Å²) in [5.74, 6) is -0.0868. The van der Waals surface area contributed by atoms with E-state index in [0.29, 0.717) is 9.90 Å². The molecule has 148 valence electrons. The van der Waals surface area contributed by atoms with Crippen LogP contribution in [0.15, 0.2) is 58.9 Å². The highest BCUT2D eigenvalue weighted by Crippen LogP contribution is 2.26. The number of benzene rings is 2. The van der Waals surface area contributed by atoms with Crippen LogP contribution in [0.1, 0.15) is 10.4 Å². The number of ketones is 1. The van der Waals surface area contributed by atoms with E-state index in [4.69, 9.17) is 4.74 Å². The van der Waals surface area contributed by atoms with Crippen LogP contribution < -0.4 is 10.1 Å². The number of hydrogen-bond acceptors (Lipinski definition) is 9. The van der Waals surface area contributed by atoms with Crippen molar-refractivity contribution in [2.75, 3.05) is 17.7 Å². The number of nitro groups is 1. The number of nitrogens with one attached hydrogen (secondary N) is 1. The van der Waals surface area contributed by atoms with Gasteiger partial charge in [-0.3, -0.25) is 25.0 Å². The lowest BCUT2D eigenvalue weighted by atomic mass is 10.2. The normalized spacial score (nSPS) is 10.3. The van der Waals surface area contributed by atoms with E-state index < -0.39 is 10.8 Å². The highest BCUT2D eigenvalue weighted by atomic mass is 32.2. The number of amides is 1. The van der Waals surface area contributed by atoms with Crippen LogP contribution >= 0.6 is 23.1 Å². The molecule has 29 heavy (non-hydrogen) atoms. The van der Waals surface area contributed by atoms with Crippen LogP contribution in [0.3, 0.4) is 0 Å². The largest absolute Gasteiger partial charge is 0.484 e. The molecule has 0 aliphatic carbocycles. The summed E-state index contributed by atoms with van der Waals surface area (Å²) in [4.78, 5) is 34.3. The third-order valence-corrected chi connectivity index (χ3v) is 5.45. The van der Waals surface area contributed by atoms with Crippen LogP contribution in [-0.2, 0) is 4.79 Å². The van der Waals surface area contributed by atoms with Crippen molar-refractivity contribution in [2.24, 2.45) is 0 Å². The van der Waals surface area contributed by atoms with Gasteiger partial charge in [0, 0.05) is 11.6 Å². The van der Waals surface area contributed by atoms with E-state index in [1.54, 1.807) is 24.3 Å². The molecule has 3 aromatic rings. The van der Waals surface area contributed by atoms with Gasteiger partial charge < -0.3 is 4.74 Å². The van der Waals surface area contributed by atoms with E-state index in [2.05, 4.69) is 15.5 Å². The molecule has 0 bridgehead atoms. The van der Waals surface area contributed by atoms with E-state index in [1.807, 2.05) is 6.07 Å². The van der Waals surface area contributed by atoms with E-state index in [0.717, 1.165) is 11.3 Å². The summed E-state index contributed by atoms with van der Waals surface area (Å²) in [6.45, 7) is -0.338. The van der Waals surface area contributed by atoms with Crippen LogP contribution in [0.2, 0.25) is 0 Å². The lowest BCUT2D eigenvalue weighted by molar-refractivity contribution is -0.384.